The summed E-state index contributed by atoms with van der Waals surface area (Å²) in [5.74, 6) is -13.4. The maximum atomic E-state index is 12.8. The van der Waals surface area contributed by atoms with Gasteiger partial charge in [-0.1, -0.05) is 98.7 Å². The van der Waals surface area contributed by atoms with E-state index in [1.54, 1.807) is 0 Å². The van der Waals surface area contributed by atoms with Crippen LogP contribution in [0.4, 0.5) is 0 Å². The summed E-state index contributed by atoms with van der Waals surface area (Å²) >= 11 is 0. The van der Waals surface area contributed by atoms with E-state index in [1.807, 2.05) is 0 Å². The number of hydrogen-bond acceptors (Lipinski definition) is 4. The highest BCUT2D eigenvalue weighted by Crippen LogP contribution is 2.40. The molecule has 2 aliphatic rings. The molecule has 0 aliphatic heterocycles. The molecule has 0 aromatic heterocycles. The first kappa shape index (κ1) is 6.83. The van der Waals surface area contributed by atoms with E-state index < -0.39 is 170 Å². The van der Waals surface area contributed by atoms with Gasteiger partial charge in [0, 0.05) is 36.1 Å². The average molecular weight is 499 g/mol. The van der Waals surface area contributed by atoms with E-state index in [2.05, 4.69) is 0 Å². The molecule has 0 saturated heterocycles. The van der Waals surface area contributed by atoms with Crippen LogP contribution in [-0.4, -0.2) is 27.1 Å². The number of aliphatic carboxylic acids is 1. The van der Waals surface area contributed by atoms with Crippen molar-refractivity contribution in [2.24, 2.45) is 11.8 Å². The highest BCUT2D eigenvalue weighted by Gasteiger charge is 2.46. The third-order valence-electron chi connectivity index (χ3n) is 4.27. The number of ketones is 1. The van der Waals surface area contributed by atoms with Gasteiger partial charge in [0.15, 0.2) is 17.0 Å². The third kappa shape index (κ3) is 5.59. The Bertz CT molecular complexity index is 2110. The zero-order valence-corrected chi connectivity index (χ0v) is 17.2. The van der Waals surface area contributed by atoms with Crippen molar-refractivity contribution in [1.82, 2.24) is 0 Å². The number of Topliss-reactive ketones (excluding diaryl/α,β-unsaturated/α-hetero) is 1. The zero-order valence-electron chi connectivity index (χ0n) is 49.2. The predicted molar refractivity (Wildman–Crippen MR) is 132 cm³/mol. The molecule has 0 spiro atoms. The zero-order chi connectivity index (χ0) is 53.1. The lowest BCUT2D eigenvalue weighted by Gasteiger charge is -2.37. The van der Waals surface area contributed by atoms with Gasteiger partial charge in [-0.3, -0.25) is 4.79 Å². The normalized spacial score (nSPS) is 51.1. The van der Waals surface area contributed by atoms with E-state index in [-0.39, 0.29) is 0 Å². The van der Waals surface area contributed by atoms with Crippen LogP contribution in [0.3, 0.4) is 0 Å². The molecule has 3 N–H and O–H groups in total. The van der Waals surface area contributed by atoms with E-state index in [0.29, 0.717) is 6.92 Å². The first-order valence-corrected chi connectivity index (χ1v) is 9.08. The van der Waals surface area contributed by atoms with Crippen LogP contribution >= 0.6 is 0 Å². The molecule has 0 heterocycles. The molecule has 34 heavy (non-hydrogen) atoms. The summed E-state index contributed by atoms with van der Waals surface area (Å²) in [6, 6.07) is -12.5. The number of rotatable bonds is 6. The Hall–Kier alpha value is -2.50. The number of aliphatic hydroxyl groups is 2. The second-order valence-corrected chi connectivity index (χ2v) is 6.28. The van der Waals surface area contributed by atoms with Gasteiger partial charge in [-0.25, -0.2) is 4.79 Å². The molecular weight excluding hydrogens is 428 g/mol. The fraction of sp³-hybridized carbons (Fsp3) is 0.517. The second-order valence-electron chi connectivity index (χ2n) is 6.28. The van der Waals surface area contributed by atoms with Crippen molar-refractivity contribution in [3.05, 3.63) is 71.6 Å². The Kier molecular flexibility index (Phi) is 2.36. The Morgan fingerprint density at radius 1 is 0.765 bits per heavy atom. The van der Waals surface area contributed by atoms with Crippen LogP contribution in [0.25, 0.3) is 0 Å². The molecule has 2 saturated carbocycles. The Labute approximate surface area is 247 Å². The van der Waals surface area contributed by atoms with Crippen molar-refractivity contribution < 1.29 is 68.8 Å². The lowest BCUT2D eigenvalue weighted by molar-refractivity contribution is -0.168. The number of carboxylic acid groups (broad SMARTS) is 1. The lowest BCUT2D eigenvalue weighted by atomic mass is 9.71. The molecule has 0 bridgehead atoms. The standard InChI is InChI=1S/C15H20O2.C14H18O3/c1-12(16)15(17,13-8-4-2-5-9-13)14-10-6-3-7-11-14;15-13(16)14(17,11-7-3-1-4-8-11)12-9-5-2-6-10-12/h2,4-5,8-9,14,17H,3,6-7,10-11H2,1H3;1,3-4,7-8,12,17H,2,5-6,9-10H2,(H,15,16)/t15-;/m0./s1/i2D,3D2,4D,5D,6D2,7D2,8D,9D,10D2,11D2,14D;1D,2D2,3D,4D,5D2,6D2,7D,8D,9D2,10D2,12D. The molecule has 184 valence electrons. The predicted octanol–water partition coefficient (Wildman–Crippen LogP) is 5.58. The van der Waals surface area contributed by atoms with Gasteiger partial charge in [-0.05, 0) is 49.4 Å². The summed E-state index contributed by atoms with van der Waals surface area (Å²) in [5, 5.41) is 32.6. The molecule has 1 unspecified atom stereocenters. The van der Waals surface area contributed by atoms with E-state index in [4.69, 9.17) is 43.9 Å². The lowest BCUT2D eigenvalue weighted by Crippen LogP contribution is -2.43. The SMILES string of the molecule is [2H]c1c([2H])c([2H])c(C(O)(C(=O)O)C2([2H])C([2H])([2H])C([2H])([2H])C([2H])([2H])C([2H])([2H])C2([2H])[2H])c([2H])c1[2H].[2H]c1c([2H])c([2H])c([C@@](O)(C(C)=O)C2([2H])C([2H])([2H])C([2H])([2H])C([2H])([2H])C([2H])([2H])C2([2H])[2H])c([2H])c1[2H]. The van der Waals surface area contributed by atoms with Gasteiger partial charge in [0.25, 0.3) is 0 Å². The molecule has 0 amide bonds. The summed E-state index contributed by atoms with van der Waals surface area (Å²) in [6.07, 6.45) is -41.6. The summed E-state index contributed by atoms with van der Waals surface area (Å²) < 4.78 is 256. The van der Waals surface area contributed by atoms with Crippen molar-refractivity contribution in [2.75, 3.05) is 0 Å². The minimum absolute atomic E-state index is 0.470. The van der Waals surface area contributed by atoms with Crippen LogP contribution in [0.2, 0.25) is 0 Å². The van der Waals surface area contributed by atoms with E-state index in [1.165, 1.54) is 0 Å². The summed E-state index contributed by atoms with van der Waals surface area (Å²) in [5.41, 5.74) is -11.7. The van der Waals surface area contributed by atoms with Gasteiger partial charge in [0.1, 0.15) is 0 Å². The number of benzene rings is 2. The number of carbonyl (C=O) groups excluding carboxylic acids is 1. The molecule has 2 aromatic rings. The van der Waals surface area contributed by atoms with Crippen LogP contribution in [0.1, 0.15) is 126 Å². The molecular formula is C29H38O5. The fourth-order valence-electron chi connectivity index (χ4n) is 2.54. The first-order chi connectivity index (χ1) is 28.7. The van der Waals surface area contributed by atoms with Gasteiger partial charge < -0.3 is 15.3 Å². The average Bonchev–Trinajstić information content (AvgIpc) is 3.18. The minimum atomic E-state index is -4.55. The van der Waals surface area contributed by atoms with Crippen molar-refractivity contribution in [3.63, 3.8) is 0 Å². The van der Waals surface area contributed by atoms with Crippen LogP contribution in [-0.2, 0) is 20.8 Å². The van der Waals surface area contributed by atoms with Crippen LogP contribution in [0, 0.1) is 11.8 Å². The maximum absolute atomic E-state index is 12.8. The number of hydrogen-bond donors (Lipinski definition) is 3. The summed E-state index contributed by atoms with van der Waals surface area (Å²) in [7, 11) is 0. The number of carboxylic acids is 1. The Balaban J connectivity index is 0.000000350. The molecule has 5 heteroatoms. The van der Waals surface area contributed by atoms with Crippen molar-refractivity contribution in [1.29, 1.82) is 0 Å². The van der Waals surface area contributed by atoms with E-state index >= 15 is 0 Å². The topological polar surface area (TPSA) is 94.8 Å². The minimum Gasteiger partial charge on any atom is -0.479 e. The first-order valence-electron chi connectivity index (χ1n) is 25.1. The fourth-order valence-corrected chi connectivity index (χ4v) is 2.54. The highest BCUT2D eigenvalue weighted by molar-refractivity contribution is 5.86. The molecule has 2 atom stereocenters. The summed E-state index contributed by atoms with van der Waals surface area (Å²) in [6.45, 7) is 0.470. The van der Waals surface area contributed by atoms with Crippen LogP contribution in [0.15, 0.2) is 60.4 Å². The molecule has 2 aliphatic carbocycles. The monoisotopic (exact) mass is 498 g/mol. The molecule has 0 radical (unpaired) electrons. The van der Waals surface area contributed by atoms with E-state index in [0.717, 1.165) is 0 Å². The van der Waals surface area contributed by atoms with Crippen molar-refractivity contribution >= 4 is 11.8 Å². The largest absolute Gasteiger partial charge is 0.479 e. The van der Waals surface area contributed by atoms with Gasteiger partial charge in [-0.15, -0.1) is 0 Å². The van der Waals surface area contributed by atoms with Gasteiger partial charge in [-0.2, -0.15) is 0 Å². The highest BCUT2D eigenvalue weighted by atomic mass is 16.4. The molecule has 2 fully saturated rings. The van der Waals surface area contributed by atoms with Gasteiger partial charge in [0.05, 0.1) is 13.7 Å². The molecule has 4 rings (SSSR count). The quantitative estimate of drug-likeness (QED) is 0.483. The molecule has 2 aromatic carbocycles. The van der Waals surface area contributed by atoms with Crippen LogP contribution in [0.5, 0.6) is 0 Å². The Morgan fingerprint density at radius 2 is 1.12 bits per heavy atom. The van der Waals surface area contributed by atoms with Crippen molar-refractivity contribution in [3.8, 4) is 0 Å². The van der Waals surface area contributed by atoms with Crippen molar-refractivity contribution in [2.45, 2.75) is 81.9 Å². The Morgan fingerprint density at radius 3 is 1.47 bits per heavy atom. The smallest absolute Gasteiger partial charge is 0.340 e. The van der Waals surface area contributed by atoms with Gasteiger partial charge in [0.2, 0.25) is 0 Å². The van der Waals surface area contributed by atoms with Gasteiger partial charge >= 0.3 is 5.97 Å². The second kappa shape index (κ2) is 11.8. The number of carbonyl (C=O) groups is 2. The van der Waals surface area contributed by atoms with E-state index in [9.17, 15) is 24.9 Å². The van der Waals surface area contributed by atoms with Crippen LogP contribution < -0.4 is 0 Å². The third-order valence-corrected chi connectivity index (χ3v) is 4.27. The summed E-state index contributed by atoms with van der Waals surface area (Å²) in [4.78, 5) is 25.1. The maximum Gasteiger partial charge on any atom is 0.340 e. The molecule has 5 nitrogen and oxygen atoms in total.